The summed E-state index contributed by atoms with van der Waals surface area (Å²) in [4.78, 5) is 36.8. The number of rotatable bonds is 6. The summed E-state index contributed by atoms with van der Waals surface area (Å²) in [5, 5.41) is 27.1. The van der Waals surface area contributed by atoms with Gasteiger partial charge in [0, 0.05) is 23.6 Å². The Kier molecular flexibility index (Phi) is 7.52. The Morgan fingerprint density at radius 1 is 1.11 bits per heavy atom. The minimum atomic E-state index is -1.16. The third-order valence-electron chi connectivity index (χ3n) is 9.62. The number of benzene rings is 2. The quantitative estimate of drug-likeness (QED) is 0.225. The van der Waals surface area contributed by atoms with Gasteiger partial charge in [0.1, 0.15) is 35.3 Å². The van der Waals surface area contributed by atoms with Gasteiger partial charge in [-0.05, 0) is 47.4 Å². The maximum absolute atomic E-state index is 14.1. The normalized spacial score (nSPS) is 23.8. The molecule has 11 nitrogen and oxygen atoms in total. The van der Waals surface area contributed by atoms with Crippen LogP contribution in [0, 0.1) is 17.3 Å². The number of hydrogen-bond donors (Lipinski definition) is 4. The molecule has 246 valence electrons. The summed E-state index contributed by atoms with van der Waals surface area (Å²) in [6, 6.07) is 13.2. The summed E-state index contributed by atoms with van der Waals surface area (Å²) >= 11 is 0. The molecule has 2 aromatic heterocycles. The number of hydrogen-bond acceptors (Lipinski definition) is 10. The van der Waals surface area contributed by atoms with Gasteiger partial charge < -0.3 is 34.4 Å². The topological polar surface area (TPSA) is 160 Å². The van der Waals surface area contributed by atoms with Crippen molar-refractivity contribution in [3.8, 4) is 17.3 Å². The number of fused-ring (bicyclic) bond motifs is 4. The van der Waals surface area contributed by atoms with Gasteiger partial charge in [0.05, 0.1) is 6.61 Å². The highest BCUT2D eigenvalue weighted by atomic mass is 16.5. The highest BCUT2D eigenvalue weighted by Gasteiger charge is 2.61. The Bertz CT molecular complexity index is 1850. The van der Waals surface area contributed by atoms with Crippen molar-refractivity contribution in [2.75, 3.05) is 5.32 Å². The zero-order chi connectivity index (χ0) is 33.2. The van der Waals surface area contributed by atoms with Crippen molar-refractivity contribution < 1.29 is 33.4 Å². The zero-order valence-corrected chi connectivity index (χ0v) is 27.2. The molecule has 1 unspecified atom stereocenters. The van der Waals surface area contributed by atoms with Crippen LogP contribution in [0.15, 0.2) is 57.6 Å². The molecule has 5 atom stereocenters. The van der Waals surface area contributed by atoms with E-state index < -0.39 is 35.1 Å². The van der Waals surface area contributed by atoms with Crippen LogP contribution in [-0.2, 0) is 28.0 Å². The van der Waals surface area contributed by atoms with E-state index in [0.29, 0.717) is 35.7 Å². The minimum Gasteiger partial charge on any atom is -0.469 e. The van der Waals surface area contributed by atoms with Crippen LogP contribution in [0.4, 0.5) is 5.69 Å². The van der Waals surface area contributed by atoms with Gasteiger partial charge in [-0.1, -0.05) is 65.0 Å². The Hall–Kier alpha value is -4.48. The molecule has 3 aliphatic heterocycles. The lowest BCUT2D eigenvalue weighted by Crippen LogP contribution is -2.41. The molecule has 47 heavy (non-hydrogen) atoms. The fourth-order valence-electron chi connectivity index (χ4n) is 7.05. The van der Waals surface area contributed by atoms with Crippen LogP contribution in [0.1, 0.15) is 87.5 Å². The fourth-order valence-corrected chi connectivity index (χ4v) is 7.05. The summed E-state index contributed by atoms with van der Waals surface area (Å²) in [6.07, 6.45) is 0.450. The number of Topliss-reactive ketones (excluding diaryl/α,β-unsaturated/α-hetero) is 1. The summed E-state index contributed by atoms with van der Waals surface area (Å²) in [5.41, 5.74) is 2.72. The van der Waals surface area contributed by atoms with Crippen molar-refractivity contribution in [2.45, 2.75) is 84.3 Å². The first-order chi connectivity index (χ1) is 22.4. The number of ether oxygens (including phenoxy) is 1. The first-order valence-corrected chi connectivity index (χ1v) is 16.2. The third-order valence-corrected chi connectivity index (χ3v) is 9.62. The number of aliphatic hydroxyl groups excluding tert-OH is 2. The van der Waals surface area contributed by atoms with E-state index in [-0.39, 0.29) is 42.4 Å². The van der Waals surface area contributed by atoms with E-state index in [1.807, 2.05) is 57.2 Å². The molecule has 1 amide bonds. The third kappa shape index (κ3) is 5.03. The van der Waals surface area contributed by atoms with Crippen molar-refractivity contribution in [2.24, 2.45) is 17.3 Å². The molecule has 0 saturated carbocycles. The van der Waals surface area contributed by atoms with E-state index >= 15 is 0 Å². The van der Waals surface area contributed by atoms with E-state index in [1.54, 1.807) is 13.8 Å². The molecule has 0 saturated heterocycles. The molecule has 0 fully saturated rings. The van der Waals surface area contributed by atoms with Crippen molar-refractivity contribution in [1.29, 1.82) is 0 Å². The molecule has 7 rings (SSSR count). The molecular weight excluding hydrogens is 600 g/mol. The van der Waals surface area contributed by atoms with Crippen LogP contribution in [-0.4, -0.2) is 44.2 Å². The zero-order valence-electron chi connectivity index (χ0n) is 27.2. The van der Waals surface area contributed by atoms with Crippen molar-refractivity contribution in [3.63, 3.8) is 0 Å². The smallest absolute Gasteiger partial charge is 0.249 e. The fraction of sp³-hybridized carbons (Fsp3) is 0.444. The van der Waals surface area contributed by atoms with E-state index in [0.717, 1.165) is 22.4 Å². The lowest BCUT2D eigenvalue weighted by molar-refractivity contribution is -0.135. The van der Waals surface area contributed by atoms with Crippen LogP contribution in [0.2, 0.25) is 0 Å². The molecular formula is C36H40N4O7. The maximum atomic E-state index is 14.1. The van der Waals surface area contributed by atoms with Crippen LogP contribution in [0.3, 0.4) is 0 Å². The number of ketones is 1. The molecule has 1 spiro atoms. The number of amides is 1. The largest absolute Gasteiger partial charge is 0.469 e. The first kappa shape index (κ1) is 31.1. The SMILES string of the molecule is CC(C)[C@H](O)C(=O)C[C@H]1CCc2ccc3c(c2)[C@@]2(c4ccccc4NC2O3)c2oc(nc2-c2nc(CO)co2)[C@H](C(C)(C)C)NC1=O. The average molecular weight is 641 g/mol. The Morgan fingerprint density at radius 2 is 1.89 bits per heavy atom. The highest BCUT2D eigenvalue weighted by molar-refractivity contribution is 5.89. The number of aryl methyl sites for hydroxylation is 1. The Balaban J connectivity index is 1.47. The lowest BCUT2D eigenvalue weighted by Gasteiger charge is -2.31. The number of aromatic nitrogens is 2. The van der Waals surface area contributed by atoms with E-state index in [2.05, 4.69) is 21.7 Å². The van der Waals surface area contributed by atoms with Crippen molar-refractivity contribution >= 4 is 17.4 Å². The maximum Gasteiger partial charge on any atom is 0.249 e. The van der Waals surface area contributed by atoms with Crippen LogP contribution in [0.5, 0.6) is 5.75 Å². The lowest BCUT2D eigenvalue weighted by atomic mass is 9.72. The molecule has 11 heteroatoms. The molecule has 0 aliphatic carbocycles. The molecule has 3 aliphatic rings. The van der Waals surface area contributed by atoms with Crippen LogP contribution >= 0.6 is 0 Å². The number of nitrogens with zero attached hydrogens (tertiary/aromatic N) is 2. The highest BCUT2D eigenvalue weighted by Crippen LogP contribution is 2.59. The standard InChI is InChI=1S/C36H40N4O7/c1-18(2)28(43)25(42)15-20-12-10-19-11-13-26-23(14-19)36(22-8-6-7-9-24(22)38-34(36)46-26)30-27(32-37-21(16-41)17-45-32)39-33(47-30)29(35(3,4)5)40-31(20)44/h6-9,11,13-14,17-18,20,28-29,34,38,41,43H,10,12,15-16H2,1-5H3,(H,40,44)/t20-,28+,29-,34?,36+/m1/s1. The van der Waals surface area contributed by atoms with Gasteiger partial charge in [-0.25, -0.2) is 9.97 Å². The van der Waals surface area contributed by atoms with Gasteiger partial charge in [0.25, 0.3) is 0 Å². The number of carbonyl (C=O) groups excluding carboxylic acids is 2. The van der Waals surface area contributed by atoms with E-state index in [4.69, 9.17) is 18.6 Å². The Labute approximate surface area is 272 Å². The number of para-hydroxylation sites is 1. The molecule has 5 heterocycles. The summed E-state index contributed by atoms with van der Waals surface area (Å²) < 4.78 is 19.4. The molecule has 0 radical (unpaired) electrons. The number of carbonyl (C=O) groups is 2. The number of aliphatic hydroxyl groups is 2. The second-order valence-electron chi connectivity index (χ2n) is 14.3. The number of oxazole rings is 2. The van der Waals surface area contributed by atoms with Crippen molar-refractivity contribution in [1.82, 2.24) is 15.3 Å². The predicted octanol–water partition coefficient (Wildman–Crippen LogP) is 5.04. The van der Waals surface area contributed by atoms with Crippen LogP contribution in [0.25, 0.3) is 11.6 Å². The molecule has 4 bridgehead atoms. The van der Waals surface area contributed by atoms with E-state index in [1.165, 1.54) is 6.26 Å². The second-order valence-corrected chi connectivity index (χ2v) is 14.3. The van der Waals surface area contributed by atoms with E-state index in [9.17, 15) is 19.8 Å². The minimum absolute atomic E-state index is 0.0955. The second kappa shape index (κ2) is 11.3. The van der Waals surface area contributed by atoms with Gasteiger partial charge in [-0.15, -0.1) is 0 Å². The Morgan fingerprint density at radius 3 is 2.62 bits per heavy atom. The van der Waals surface area contributed by atoms with Gasteiger partial charge in [0.15, 0.2) is 23.5 Å². The summed E-state index contributed by atoms with van der Waals surface area (Å²) in [7, 11) is 0. The predicted molar refractivity (Wildman–Crippen MR) is 171 cm³/mol. The summed E-state index contributed by atoms with van der Waals surface area (Å²) in [5.74, 6) is -0.124. The summed E-state index contributed by atoms with van der Waals surface area (Å²) in [6.45, 7) is 9.18. The first-order valence-electron chi connectivity index (χ1n) is 16.2. The van der Waals surface area contributed by atoms with Gasteiger partial charge in [-0.3, -0.25) is 9.59 Å². The number of anilines is 1. The average Bonchev–Trinajstić information content (AvgIpc) is 3.81. The molecule has 4 aromatic rings. The monoisotopic (exact) mass is 640 g/mol. The molecule has 4 N–H and O–H groups in total. The van der Waals surface area contributed by atoms with Gasteiger partial charge >= 0.3 is 0 Å². The van der Waals surface area contributed by atoms with Crippen molar-refractivity contribution in [3.05, 3.63) is 82.8 Å². The van der Waals surface area contributed by atoms with Gasteiger partial charge in [-0.2, -0.15) is 0 Å². The molecule has 2 aromatic carbocycles. The van der Waals surface area contributed by atoms with Crippen LogP contribution < -0.4 is 15.4 Å². The van der Waals surface area contributed by atoms with Gasteiger partial charge in [0.2, 0.25) is 17.7 Å². The number of nitrogens with one attached hydrogen (secondary N) is 2.